The minimum absolute atomic E-state index is 0.150. The van der Waals surface area contributed by atoms with Crippen molar-refractivity contribution < 1.29 is 14.3 Å². The van der Waals surface area contributed by atoms with Crippen LogP contribution in [0.25, 0.3) is 0 Å². The van der Waals surface area contributed by atoms with E-state index in [4.69, 9.17) is 4.74 Å². The molecule has 26 heavy (non-hydrogen) atoms. The molecule has 2 fully saturated rings. The van der Waals surface area contributed by atoms with Crippen LogP contribution < -0.4 is 0 Å². The molecule has 1 aliphatic heterocycles. The normalized spacial score (nSPS) is 22.3. The van der Waals surface area contributed by atoms with E-state index < -0.39 is 5.60 Å². The molecule has 1 heterocycles. The maximum absolute atomic E-state index is 12.5. The molecule has 3 aliphatic rings. The van der Waals surface area contributed by atoms with Crippen molar-refractivity contribution in [1.29, 1.82) is 0 Å². The van der Waals surface area contributed by atoms with Crippen molar-refractivity contribution in [2.45, 2.75) is 76.2 Å². The summed E-state index contributed by atoms with van der Waals surface area (Å²) in [4.78, 5) is 26.6. The van der Waals surface area contributed by atoms with E-state index in [-0.39, 0.29) is 11.5 Å². The Labute approximate surface area is 155 Å². The third-order valence-electron chi connectivity index (χ3n) is 6.36. The Bertz CT molecular complexity index is 734. The van der Waals surface area contributed by atoms with Gasteiger partial charge in [-0.15, -0.1) is 0 Å². The highest BCUT2D eigenvalue weighted by atomic mass is 16.6. The minimum Gasteiger partial charge on any atom is -0.444 e. The number of carbonyl (C=O) groups is 2. The Balaban J connectivity index is 1.45. The van der Waals surface area contributed by atoms with Gasteiger partial charge in [0.05, 0.1) is 5.41 Å². The lowest BCUT2D eigenvalue weighted by Crippen LogP contribution is -2.41. The summed E-state index contributed by atoms with van der Waals surface area (Å²) in [5, 5.41) is 0. The fourth-order valence-corrected chi connectivity index (χ4v) is 4.74. The van der Waals surface area contributed by atoms with E-state index in [2.05, 4.69) is 18.2 Å². The number of Topliss-reactive ketones (excluding diaryl/α,β-unsaturated/α-hetero) is 1. The van der Waals surface area contributed by atoms with E-state index in [0.717, 1.165) is 38.8 Å². The summed E-state index contributed by atoms with van der Waals surface area (Å²) in [5.74, 6) is 0.891. The van der Waals surface area contributed by atoms with E-state index in [1.54, 1.807) is 0 Å². The lowest BCUT2D eigenvalue weighted by molar-refractivity contribution is -0.125. The Morgan fingerprint density at radius 2 is 1.88 bits per heavy atom. The van der Waals surface area contributed by atoms with Gasteiger partial charge in [0.25, 0.3) is 0 Å². The van der Waals surface area contributed by atoms with Crippen LogP contribution in [0.4, 0.5) is 4.79 Å². The molecule has 0 atom stereocenters. The zero-order valence-corrected chi connectivity index (χ0v) is 16.1. The smallest absolute Gasteiger partial charge is 0.410 e. The standard InChI is InChI=1S/C22H29NO3/c1-21(2,3)26-20(25)23-11-7-15(8-12-23)16-5-6-17-14-19(24)22(9-4-10-22)18(17)13-16/h5-6,13,15H,4,7-12,14H2,1-3H3. The number of rotatable bonds is 1. The molecule has 4 nitrogen and oxygen atoms in total. The van der Waals surface area contributed by atoms with Gasteiger partial charge < -0.3 is 9.64 Å². The second kappa shape index (κ2) is 6.11. The number of amides is 1. The van der Waals surface area contributed by atoms with E-state index >= 15 is 0 Å². The molecule has 4 heteroatoms. The van der Waals surface area contributed by atoms with E-state index in [0.29, 0.717) is 18.1 Å². The van der Waals surface area contributed by atoms with Gasteiger partial charge >= 0.3 is 6.09 Å². The van der Waals surface area contributed by atoms with Crippen LogP contribution >= 0.6 is 0 Å². The van der Waals surface area contributed by atoms with Gasteiger partial charge in [-0.1, -0.05) is 24.6 Å². The van der Waals surface area contributed by atoms with Gasteiger partial charge in [0, 0.05) is 19.5 Å². The quantitative estimate of drug-likeness (QED) is 0.752. The van der Waals surface area contributed by atoms with Crippen LogP contribution in [0.3, 0.4) is 0 Å². The minimum atomic E-state index is -0.447. The molecule has 0 unspecified atom stereocenters. The van der Waals surface area contributed by atoms with Crippen LogP contribution in [0.5, 0.6) is 0 Å². The summed E-state index contributed by atoms with van der Waals surface area (Å²) in [6.45, 7) is 7.18. The summed E-state index contributed by atoms with van der Waals surface area (Å²) in [7, 11) is 0. The summed E-state index contributed by atoms with van der Waals surface area (Å²) in [6, 6.07) is 6.70. The number of ether oxygens (including phenoxy) is 1. The Hall–Kier alpha value is -1.84. The van der Waals surface area contributed by atoms with Crippen molar-refractivity contribution in [2.75, 3.05) is 13.1 Å². The van der Waals surface area contributed by atoms with Crippen molar-refractivity contribution in [3.8, 4) is 0 Å². The molecule has 1 saturated heterocycles. The molecule has 1 aromatic rings. The second-order valence-corrected chi connectivity index (χ2v) is 9.19. The largest absolute Gasteiger partial charge is 0.444 e. The van der Waals surface area contributed by atoms with Crippen LogP contribution in [-0.4, -0.2) is 35.5 Å². The van der Waals surface area contributed by atoms with Crippen LogP contribution in [0.15, 0.2) is 18.2 Å². The number of piperidine rings is 1. The van der Waals surface area contributed by atoms with Crippen molar-refractivity contribution in [3.63, 3.8) is 0 Å². The summed E-state index contributed by atoms with van der Waals surface area (Å²) in [5.41, 5.74) is 3.29. The Morgan fingerprint density at radius 1 is 1.19 bits per heavy atom. The summed E-state index contributed by atoms with van der Waals surface area (Å²) < 4.78 is 5.49. The molecule has 0 N–H and O–H groups in total. The topological polar surface area (TPSA) is 46.6 Å². The average molecular weight is 355 g/mol. The molecular formula is C22H29NO3. The maximum atomic E-state index is 12.5. The SMILES string of the molecule is CC(C)(C)OC(=O)N1CCC(c2ccc3c(c2)C2(CCC2)C(=O)C3)CC1. The number of benzene rings is 1. The van der Waals surface area contributed by atoms with Crippen LogP contribution in [0, 0.1) is 0 Å². The van der Waals surface area contributed by atoms with Gasteiger partial charge in [-0.2, -0.15) is 0 Å². The first-order valence-electron chi connectivity index (χ1n) is 9.93. The molecular weight excluding hydrogens is 326 g/mol. The third kappa shape index (κ3) is 2.93. The first-order valence-corrected chi connectivity index (χ1v) is 9.93. The number of hydrogen-bond acceptors (Lipinski definition) is 3. The highest BCUT2D eigenvalue weighted by Crippen LogP contribution is 2.51. The number of likely N-dealkylation sites (tertiary alicyclic amines) is 1. The van der Waals surface area contributed by atoms with Crippen molar-refractivity contribution in [2.24, 2.45) is 0 Å². The summed E-state index contributed by atoms with van der Waals surface area (Å²) >= 11 is 0. The molecule has 2 aliphatic carbocycles. The van der Waals surface area contributed by atoms with Gasteiger partial charge in [-0.3, -0.25) is 4.79 Å². The zero-order valence-electron chi connectivity index (χ0n) is 16.1. The van der Waals surface area contributed by atoms with Gasteiger partial charge in [0.2, 0.25) is 0 Å². The van der Waals surface area contributed by atoms with Crippen LogP contribution in [0.2, 0.25) is 0 Å². The van der Waals surface area contributed by atoms with E-state index in [1.807, 2.05) is 25.7 Å². The number of fused-ring (bicyclic) bond motifs is 2. The predicted molar refractivity (Wildman–Crippen MR) is 100 cm³/mol. The molecule has 0 aromatic heterocycles. The molecule has 0 radical (unpaired) electrons. The first-order chi connectivity index (χ1) is 12.3. The molecule has 1 amide bonds. The van der Waals surface area contributed by atoms with Crippen LogP contribution in [-0.2, 0) is 21.4 Å². The van der Waals surface area contributed by atoms with E-state index in [1.165, 1.54) is 23.1 Å². The second-order valence-electron chi connectivity index (χ2n) is 9.19. The highest BCUT2D eigenvalue weighted by Gasteiger charge is 2.50. The third-order valence-corrected chi connectivity index (χ3v) is 6.36. The Kier molecular flexibility index (Phi) is 4.13. The number of nitrogens with zero attached hydrogens (tertiary/aromatic N) is 1. The molecule has 4 rings (SSSR count). The van der Waals surface area contributed by atoms with Crippen molar-refractivity contribution in [3.05, 3.63) is 34.9 Å². The van der Waals surface area contributed by atoms with Gasteiger partial charge in [-0.25, -0.2) is 4.79 Å². The lowest BCUT2D eigenvalue weighted by Gasteiger charge is -2.38. The molecule has 0 bridgehead atoms. The van der Waals surface area contributed by atoms with Gasteiger partial charge in [0.1, 0.15) is 11.4 Å². The fraction of sp³-hybridized carbons (Fsp3) is 0.636. The average Bonchev–Trinajstić information content (AvgIpc) is 2.84. The van der Waals surface area contributed by atoms with Gasteiger partial charge in [0.15, 0.2) is 0 Å². The molecule has 1 saturated carbocycles. The number of carbonyl (C=O) groups excluding carboxylic acids is 2. The highest BCUT2D eigenvalue weighted by molar-refractivity contribution is 5.97. The molecule has 1 spiro atoms. The molecule has 140 valence electrons. The first kappa shape index (κ1) is 17.6. The maximum Gasteiger partial charge on any atom is 0.410 e. The van der Waals surface area contributed by atoms with E-state index in [9.17, 15) is 9.59 Å². The predicted octanol–water partition coefficient (Wildman–Crippen LogP) is 4.35. The number of ketones is 1. The Morgan fingerprint density at radius 3 is 2.46 bits per heavy atom. The molecule has 1 aromatic carbocycles. The fourth-order valence-electron chi connectivity index (χ4n) is 4.74. The van der Waals surface area contributed by atoms with Crippen molar-refractivity contribution >= 4 is 11.9 Å². The van der Waals surface area contributed by atoms with Gasteiger partial charge in [-0.05, 0) is 69.1 Å². The van der Waals surface area contributed by atoms with Crippen LogP contribution in [0.1, 0.15) is 75.5 Å². The zero-order chi connectivity index (χ0) is 18.5. The lowest BCUT2D eigenvalue weighted by atomic mass is 9.64. The van der Waals surface area contributed by atoms with Crippen molar-refractivity contribution in [1.82, 2.24) is 4.90 Å². The monoisotopic (exact) mass is 355 g/mol. The summed E-state index contributed by atoms with van der Waals surface area (Å²) in [6.07, 6.45) is 5.55. The number of hydrogen-bond donors (Lipinski definition) is 0.